The van der Waals surface area contributed by atoms with Crippen molar-refractivity contribution in [2.45, 2.75) is 20.0 Å². The monoisotopic (exact) mass is 348 g/mol. The summed E-state index contributed by atoms with van der Waals surface area (Å²) < 4.78 is 7.64. The van der Waals surface area contributed by atoms with E-state index in [9.17, 15) is 9.90 Å². The second-order valence-corrected chi connectivity index (χ2v) is 6.91. The Morgan fingerprint density at radius 2 is 1.96 bits per heavy atom. The first kappa shape index (κ1) is 16.2. The highest BCUT2D eigenvalue weighted by Crippen LogP contribution is 2.33. The van der Waals surface area contributed by atoms with Gasteiger partial charge in [-0.2, -0.15) is 0 Å². The van der Waals surface area contributed by atoms with Crippen LogP contribution in [0.5, 0.6) is 5.75 Å². The van der Waals surface area contributed by atoms with Crippen LogP contribution in [0.2, 0.25) is 0 Å². The highest BCUT2D eigenvalue weighted by molar-refractivity contribution is 7.24. The molecule has 2 aromatic carbocycles. The Hall–Kier alpha value is -1.62. The van der Waals surface area contributed by atoms with E-state index in [1.807, 2.05) is 38.1 Å². The van der Waals surface area contributed by atoms with Crippen LogP contribution in [0, 0.1) is 13.8 Å². The highest BCUT2D eigenvalue weighted by Gasteiger charge is 2.14. The van der Waals surface area contributed by atoms with Crippen LogP contribution in [-0.4, -0.2) is 23.7 Å². The maximum Gasteiger partial charge on any atom is 0.196 e. The molecule has 1 unspecified atom stereocenters. The van der Waals surface area contributed by atoms with Gasteiger partial charge in [-0.25, -0.2) is 0 Å². The van der Waals surface area contributed by atoms with E-state index in [1.165, 1.54) is 0 Å². The lowest BCUT2D eigenvalue weighted by Crippen LogP contribution is -2.19. The normalized spacial score (nSPS) is 12.7. The maximum absolute atomic E-state index is 12.8. The minimum absolute atomic E-state index is 0.0141. The molecule has 0 radical (unpaired) electrons. The first-order valence-corrected chi connectivity index (χ1v) is 8.70. The van der Waals surface area contributed by atoms with Gasteiger partial charge in [0, 0.05) is 20.2 Å². The van der Waals surface area contributed by atoms with Gasteiger partial charge in [-0.1, -0.05) is 12.1 Å². The summed E-state index contributed by atoms with van der Waals surface area (Å²) in [4.78, 5) is 12.8. The van der Waals surface area contributed by atoms with E-state index in [4.69, 9.17) is 16.3 Å². The molecule has 1 heterocycles. The summed E-state index contributed by atoms with van der Waals surface area (Å²) >= 11 is 7.21. The fourth-order valence-electron chi connectivity index (χ4n) is 2.54. The van der Waals surface area contributed by atoms with E-state index >= 15 is 0 Å². The van der Waals surface area contributed by atoms with E-state index in [0.717, 1.165) is 25.9 Å². The predicted octanol–water partition coefficient (Wildman–Crippen LogP) is 4.01. The van der Waals surface area contributed by atoms with Gasteiger partial charge in [0.1, 0.15) is 18.5 Å². The van der Waals surface area contributed by atoms with Crippen molar-refractivity contribution in [1.82, 2.24) is 0 Å². The molecule has 0 saturated heterocycles. The average molecular weight is 349 g/mol. The molecule has 0 aliphatic rings. The Balaban J connectivity index is 2.21. The standard InChI is InChI=1S/C18H17ClO3S/c1-10-11(2)18-14(7-15(10)22-9-12(20)8-19)17(21)13-5-3-4-6-16(13)23-18/h3-7,12,20H,8-9H2,1-2H3. The van der Waals surface area contributed by atoms with Gasteiger partial charge in [0.2, 0.25) is 0 Å². The molecular weight excluding hydrogens is 332 g/mol. The smallest absolute Gasteiger partial charge is 0.196 e. The number of rotatable bonds is 4. The zero-order valence-electron chi connectivity index (χ0n) is 12.9. The largest absolute Gasteiger partial charge is 0.491 e. The second kappa shape index (κ2) is 6.48. The number of aliphatic hydroxyl groups is 1. The van der Waals surface area contributed by atoms with Crippen LogP contribution in [0.3, 0.4) is 0 Å². The molecule has 1 aromatic heterocycles. The molecule has 0 aliphatic heterocycles. The fraction of sp³-hybridized carbons (Fsp3) is 0.278. The number of alkyl halides is 1. The van der Waals surface area contributed by atoms with E-state index in [1.54, 1.807) is 17.4 Å². The molecule has 1 N–H and O–H groups in total. The summed E-state index contributed by atoms with van der Waals surface area (Å²) in [7, 11) is 0. The Morgan fingerprint density at radius 1 is 1.22 bits per heavy atom. The quantitative estimate of drug-likeness (QED) is 0.572. The van der Waals surface area contributed by atoms with Crippen molar-refractivity contribution in [3.63, 3.8) is 0 Å². The summed E-state index contributed by atoms with van der Waals surface area (Å²) in [6.45, 7) is 4.07. The highest BCUT2D eigenvalue weighted by atomic mass is 35.5. The summed E-state index contributed by atoms with van der Waals surface area (Å²) in [6.07, 6.45) is -0.724. The molecule has 23 heavy (non-hydrogen) atoms. The van der Waals surface area contributed by atoms with Crippen molar-refractivity contribution < 1.29 is 9.84 Å². The molecular formula is C18H17ClO3S. The zero-order valence-corrected chi connectivity index (χ0v) is 14.5. The summed E-state index contributed by atoms with van der Waals surface area (Å²) in [5.41, 5.74) is 2.02. The number of benzene rings is 2. The van der Waals surface area contributed by atoms with Crippen molar-refractivity contribution in [2.24, 2.45) is 0 Å². The van der Waals surface area contributed by atoms with E-state index < -0.39 is 6.10 Å². The van der Waals surface area contributed by atoms with Crippen molar-refractivity contribution in [1.29, 1.82) is 0 Å². The fourth-order valence-corrected chi connectivity index (χ4v) is 3.83. The molecule has 0 aliphatic carbocycles. The number of aliphatic hydroxyl groups excluding tert-OH is 1. The van der Waals surface area contributed by atoms with Crippen LogP contribution in [0.1, 0.15) is 11.1 Å². The summed E-state index contributed by atoms with van der Waals surface area (Å²) in [5.74, 6) is 0.740. The number of ether oxygens (including phenoxy) is 1. The molecule has 0 bridgehead atoms. The number of aryl methyl sites for hydroxylation is 1. The van der Waals surface area contributed by atoms with Gasteiger partial charge in [-0.05, 0) is 43.2 Å². The Bertz CT molecular complexity index is 933. The molecule has 0 spiro atoms. The van der Waals surface area contributed by atoms with Gasteiger partial charge in [0.15, 0.2) is 5.43 Å². The summed E-state index contributed by atoms with van der Waals surface area (Å²) in [6, 6.07) is 9.41. The van der Waals surface area contributed by atoms with Crippen LogP contribution < -0.4 is 10.2 Å². The molecule has 3 nitrogen and oxygen atoms in total. The maximum atomic E-state index is 12.8. The van der Waals surface area contributed by atoms with E-state index in [-0.39, 0.29) is 17.9 Å². The third-order valence-electron chi connectivity index (χ3n) is 3.99. The summed E-state index contributed by atoms with van der Waals surface area (Å²) in [5, 5.41) is 11.0. The van der Waals surface area contributed by atoms with Crippen LogP contribution in [0.4, 0.5) is 0 Å². The number of hydrogen-bond donors (Lipinski definition) is 1. The van der Waals surface area contributed by atoms with E-state index in [0.29, 0.717) is 11.1 Å². The van der Waals surface area contributed by atoms with Gasteiger partial charge in [0.05, 0.1) is 5.88 Å². The molecule has 1 atom stereocenters. The van der Waals surface area contributed by atoms with Gasteiger partial charge in [-0.3, -0.25) is 4.79 Å². The van der Waals surface area contributed by atoms with Crippen LogP contribution in [-0.2, 0) is 0 Å². The van der Waals surface area contributed by atoms with E-state index in [2.05, 4.69) is 0 Å². The average Bonchev–Trinajstić information content (AvgIpc) is 2.57. The molecule has 0 amide bonds. The molecule has 5 heteroatoms. The molecule has 0 saturated carbocycles. The molecule has 120 valence electrons. The van der Waals surface area contributed by atoms with Crippen molar-refractivity contribution in [3.05, 3.63) is 51.7 Å². The van der Waals surface area contributed by atoms with Gasteiger partial charge in [-0.15, -0.1) is 22.9 Å². The number of hydrogen-bond acceptors (Lipinski definition) is 4. The lowest BCUT2D eigenvalue weighted by molar-refractivity contribution is 0.125. The number of fused-ring (bicyclic) bond motifs is 2. The van der Waals surface area contributed by atoms with Crippen molar-refractivity contribution in [2.75, 3.05) is 12.5 Å². The number of halogens is 1. The SMILES string of the molecule is Cc1c(OCC(O)CCl)cc2c(=O)c3ccccc3sc2c1C. The van der Waals surface area contributed by atoms with Crippen molar-refractivity contribution >= 4 is 43.1 Å². The van der Waals surface area contributed by atoms with Crippen LogP contribution >= 0.6 is 22.9 Å². The van der Waals surface area contributed by atoms with Crippen molar-refractivity contribution in [3.8, 4) is 5.75 Å². The Morgan fingerprint density at radius 3 is 2.70 bits per heavy atom. The lowest BCUT2D eigenvalue weighted by Gasteiger charge is -2.15. The minimum atomic E-state index is -0.724. The van der Waals surface area contributed by atoms with Crippen LogP contribution in [0.15, 0.2) is 35.1 Å². The predicted molar refractivity (Wildman–Crippen MR) is 97.3 cm³/mol. The van der Waals surface area contributed by atoms with Gasteiger partial charge < -0.3 is 9.84 Å². The lowest BCUT2D eigenvalue weighted by atomic mass is 10.1. The first-order chi connectivity index (χ1) is 11.0. The van der Waals surface area contributed by atoms with Crippen LogP contribution in [0.25, 0.3) is 20.2 Å². The second-order valence-electron chi connectivity index (χ2n) is 5.55. The Kier molecular flexibility index (Phi) is 4.57. The molecule has 3 rings (SSSR count). The Labute approximate surface area is 143 Å². The molecule has 0 fully saturated rings. The third kappa shape index (κ3) is 2.94. The minimum Gasteiger partial charge on any atom is -0.491 e. The third-order valence-corrected chi connectivity index (χ3v) is 5.65. The van der Waals surface area contributed by atoms with Gasteiger partial charge >= 0.3 is 0 Å². The topological polar surface area (TPSA) is 46.5 Å². The first-order valence-electron chi connectivity index (χ1n) is 7.35. The molecule has 3 aromatic rings. The zero-order chi connectivity index (χ0) is 16.6. The van der Waals surface area contributed by atoms with Gasteiger partial charge in [0.25, 0.3) is 0 Å².